The van der Waals surface area contributed by atoms with Gasteiger partial charge in [-0.15, -0.1) is 11.3 Å². The van der Waals surface area contributed by atoms with Crippen LogP contribution in [0.4, 0.5) is 0 Å². The van der Waals surface area contributed by atoms with E-state index in [1.165, 1.54) is 35.8 Å². The molecule has 0 spiro atoms. The van der Waals surface area contributed by atoms with Crippen molar-refractivity contribution in [2.45, 2.75) is 44.9 Å². The smallest absolute Gasteiger partial charge is 0.0962 e. The van der Waals surface area contributed by atoms with E-state index in [0.717, 1.165) is 12.1 Å². The van der Waals surface area contributed by atoms with E-state index >= 15 is 0 Å². The summed E-state index contributed by atoms with van der Waals surface area (Å²) in [4.78, 5) is 8.45. The summed E-state index contributed by atoms with van der Waals surface area (Å²) in [5.41, 5.74) is 1.13. The number of nitrogens with zero attached hydrogens (tertiary/aromatic N) is 2. The molecule has 0 aliphatic carbocycles. The number of aliphatic hydroxyl groups is 1. The molecule has 1 aromatic rings. The average Bonchev–Trinajstić information content (AvgIpc) is 2.74. The van der Waals surface area contributed by atoms with Gasteiger partial charge in [-0.2, -0.15) is 0 Å². The van der Waals surface area contributed by atoms with Gasteiger partial charge in [0.15, 0.2) is 0 Å². The number of hydrogen-bond donors (Lipinski definition) is 1. The summed E-state index contributed by atoms with van der Waals surface area (Å²) in [6.07, 6.45) is 3.43. The first-order valence-corrected chi connectivity index (χ1v) is 7.74. The largest absolute Gasteiger partial charge is 0.396 e. The number of thiazole rings is 1. The second kappa shape index (κ2) is 6.13. The minimum atomic E-state index is 0.242. The van der Waals surface area contributed by atoms with E-state index in [4.69, 9.17) is 4.98 Å². The highest BCUT2D eigenvalue weighted by Crippen LogP contribution is 2.35. The van der Waals surface area contributed by atoms with Gasteiger partial charge in [-0.05, 0) is 46.3 Å². The lowest BCUT2D eigenvalue weighted by atomic mass is 9.98. The third kappa shape index (κ3) is 2.92. The van der Waals surface area contributed by atoms with Gasteiger partial charge in [0.05, 0.1) is 17.3 Å². The molecule has 102 valence electrons. The molecule has 18 heavy (non-hydrogen) atoms. The second-order valence-electron chi connectivity index (χ2n) is 5.37. The Labute approximate surface area is 114 Å². The lowest BCUT2D eigenvalue weighted by molar-refractivity contribution is 0.255. The molecule has 2 heterocycles. The van der Waals surface area contributed by atoms with Crippen molar-refractivity contribution in [1.82, 2.24) is 9.88 Å². The van der Waals surface area contributed by atoms with Crippen LogP contribution in [0.1, 0.15) is 53.6 Å². The number of rotatable bonds is 4. The molecule has 2 rings (SSSR count). The number of aryl methyl sites for hydroxylation is 1. The Morgan fingerprint density at radius 1 is 1.44 bits per heavy atom. The third-order valence-electron chi connectivity index (χ3n) is 4.00. The van der Waals surface area contributed by atoms with E-state index in [1.54, 1.807) is 0 Å². The normalized spacial score (nSPS) is 20.2. The first-order valence-electron chi connectivity index (χ1n) is 6.92. The molecule has 0 amide bonds. The first-order chi connectivity index (χ1) is 8.65. The minimum Gasteiger partial charge on any atom is -0.396 e. The topological polar surface area (TPSA) is 36.4 Å². The van der Waals surface area contributed by atoms with Crippen molar-refractivity contribution in [1.29, 1.82) is 0 Å². The van der Waals surface area contributed by atoms with E-state index in [0.29, 0.717) is 5.92 Å². The van der Waals surface area contributed by atoms with Crippen LogP contribution < -0.4 is 0 Å². The molecule has 1 unspecified atom stereocenters. The molecule has 1 saturated heterocycles. The summed E-state index contributed by atoms with van der Waals surface area (Å²) in [5.74, 6) is 0.914. The molecule has 1 aliphatic heterocycles. The Bertz CT molecular complexity index is 379. The number of hydrogen-bond acceptors (Lipinski definition) is 4. The summed E-state index contributed by atoms with van der Waals surface area (Å²) in [5, 5.41) is 10.7. The van der Waals surface area contributed by atoms with E-state index in [-0.39, 0.29) is 12.5 Å². The standard InChI is InChI=1S/C14H24N2OS/c1-4-11(9-17)13-10(2)15-14(18-13)12-5-7-16(3)8-6-12/h11-12,17H,4-9H2,1-3H3. The maximum atomic E-state index is 9.43. The fourth-order valence-electron chi connectivity index (χ4n) is 2.64. The van der Waals surface area contributed by atoms with Crippen LogP contribution in [-0.4, -0.2) is 41.7 Å². The monoisotopic (exact) mass is 268 g/mol. The quantitative estimate of drug-likeness (QED) is 0.912. The Hall–Kier alpha value is -0.450. The lowest BCUT2D eigenvalue weighted by Gasteiger charge is -2.27. The van der Waals surface area contributed by atoms with Crippen molar-refractivity contribution in [3.05, 3.63) is 15.6 Å². The summed E-state index contributed by atoms with van der Waals surface area (Å²) < 4.78 is 0. The molecule has 3 nitrogen and oxygen atoms in total. The highest BCUT2D eigenvalue weighted by atomic mass is 32.1. The molecule has 1 N–H and O–H groups in total. The predicted octanol–water partition coefficient (Wildman–Crippen LogP) is 2.75. The molecule has 4 heteroatoms. The van der Waals surface area contributed by atoms with Crippen molar-refractivity contribution < 1.29 is 5.11 Å². The molecule has 0 radical (unpaired) electrons. The van der Waals surface area contributed by atoms with Gasteiger partial charge >= 0.3 is 0 Å². The van der Waals surface area contributed by atoms with Gasteiger partial charge in [0.1, 0.15) is 0 Å². The fourth-order valence-corrected chi connectivity index (χ4v) is 4.05. The highest BCUT2D eigenvalue weighted by Gasteiger charge is 2.24. The zero-order chi connectivity index (χ0) is 13.1. The summed E-state index contributed by atoms with van der Waals surface area (Å²) in [7, 11) is 2.19. The van der Waals surface area contributed by atoms with Crippen LogP contribution in [0.25, 0.3) is 0 Å². The third-order valence-corrected chi connectivity index (χ3v) is 5.48. The Kier molecular flexibility index (Phi) is 4.76. The minimum absolute atomic E-state index is 0.242. The van der Waals surface area contributed by atoms with E-state index in [9.17, 15) is 5.11 Å². The predicted molar refractivity (Wildman–Crippen MR) is 76.4 cm³/mol. The van der Waals surface area contributed by atoms with Crippen LogP contribution in [-0.2, 0) is 0 Å². The zero-order valence-electron chi connectivity index (χ0n) is 11.6. The van der Waals surface area contributed by atoms with Gasteiger partial charge in [0.2, 0.25) is 0 Å². The Morgan fingerprint density at radius 2 is 2.11 bits per heavy atom. The van der Waals surface area contributed by atoms with Crippen LogP contribution in [0, 0.1) is 6.92 Å². The van der Waals surface area contributed by atoms with Crippen LogP contribution in [0.3, 0.4) is 0 Å². The van der Waals surface area contributed by atoms with E-state index in [2.05, 4.69) is 25.8 Å². The zero-order valence-corrected chi connectivity index (χ0v) is 12.5. The molecular formula is C14H24N2OS. The van der Waals surface area contributed by atoms with Crippen molar-refractivity contribution in [2.24, 2.45) is 0 Å². The number of piperidine rings is 1. The number of aliphatic hydroxyl groups excluding tert-OH is 1. The van der Waals surface area contributed by atoms with Gasteiger partial charge in [0, 0.05) is 16.7 Å². The van der Waals surface area contributed by atoms with Crippen LogP contribution >= 0.6 is 11.3 Å². The lowest BCUT2D eigenvalue weighted by Crippen LogP contribution is -2.29. The molecule has 1 aromatic heterocycles. The first kappa shape index (κ1) is 14.0. The van der Waals surface area contributed by atoms with Crippen molar-refractivity contribution >= 4 is 11.3 Å². The van der Waals surface area contributed by atoms with Crippen molar-refractivity contribution in [3.8, 4) is 0 Å². The van der Waals surface area contributed by atoms with Crippen LogP contribution in [0.5, 0.6) is 0 Å². The van der Waals surface area contributed by atoms with E-state index in [1.807, 2.05) is 11.3 Å². The molecule has 1 atom stereocenters. The average molecular weight is 268 g/mol. The SMILES string of the molecule is CCC(CO)c1sc(C2CCN(C)CC2)nc1C. The fraction of sp³-hybridized carbons (Fsp3) is 0.786. The molecule has 0 aromatic carbocycles. The van der Waals surface area contributed by atoms with Gasteiger partial charge < -0.3 is 10.0 Å². The van der Waals surface area contributed by atoms with Crippen LogP contribution in [0.15, 0.2) is 0 Å². The summed E-state index contributed by atoms with van der Waals surface area (Å²) in [6, 6.07) is 0. The van der Waals surface area contributed by atoms with Crippen LogP contribution in [0.2, 0.25) is 0 Å². The summed E-state index contributed by atoms with van der Waals surface area (Å²) in [6.45, 7) is 6.82. The van der Waals surface area contributed by atoms with Gasteiger partial charge in [0.25, 0.3) is 0 Å². The molecule has 1 fully saturated rings. The van der Waals surface area contributed by atoms with Gasteiger partial charge in [-0.1, -0.05) is 6.92 Å². The summed E-state index contributed by atoms with van der Waals surface area (Å²) >= 11 is 1.83. The van der Waals surface area contributed by atoms with Crippen molar-refractivity contribution in [2.75, 3.05) is 26.7 Å². The van der Waals surface area contributed by atoms with E-state index < -0.39 is 0 Å². The van der Waals surface area contributed by atoms with Gasteiger partial charge in [-0.25, -0.2) is 4.98 Å². The molecule has 1 aliphatic rings. The molecule has 0 saturated carbocycles. The maximum absolute atomic E-state index is 9.43. The number of likely N-dealkylation sites (tertiary alicyclic amines) is 1. The Morgan fingerprint density at radius 3 is 2.67 bits per heavy atom. The molecular weight excluding hydrogens is 244 g/mol. The second-order valence-corrected chi connectivity index (χ2v) is 6.43. The number of aromatic nitrogens is 1. The Balaban J connectivity index is 2.13. The highest BCUT2D eigenvalue weighted by molar-refractivity contribution is 7.12. The molecule has 0 bridgehead atoms. The van der Waals surface area contributed by atoms with Gasteiger partial charge in [-0.3, -0.25) is 0 Å². The maximum Gasteiger partial charge on any atom is 0.0962 e. The van der Waals surface area contributed by atoms with Crippen molar-refractivity contribution in [3.63, 3.8) is 0 Å².